The molecule has 0 bridgehead atoms. The summed E-state index contributed by atoms with van der Waals surface area (Å²) in [6.45, 7) is 7.87. The summed E-state index contributed by atoms with van der Waals surface area (Å²) in [6.07, 6.45) is 0. The van der Waals surface area contributed by atoms with E-state index in [1.807, 2.05) is 24.3 Å². The second kappa shape index (κ2) is 8.71. The molecule has 0 atom stereocenters. The van der Waals surface area contributed by atoms with E-state index < -0.39 is 5.97 Å². The lowest BCUT2D eigenvalue weighted by Crippen LogP contribution is -2.15. The molecule has 0 aliphatic heterocycles. The van der Waals surface area contributed by atoms with Crippen LogP contribution in [0, 0.1) is 0 Å². The van der Waals surface area contributed by atoms with Crippen molar-refractivity contribution in [2.24, 2.45) is 0 Å². The number of benzene rings is 2. The van der Waals surface area contributed by atoms with Gasteiger partial charge >= 0.3 is 5.97 Å². The van der Waals surface area contributed by atoms with E-state index in [0.717, 1.165) is 5.56 Å². The summed E-state index contributed by atoms with van der Waals surface area (Å²) in [5.41, 5.74) is 2.74. The summed E-state index contributed by atoms with van der Waals surface area (Å²) in [6, 6.07) is 12.8. The zero-order valence-electron chi connectivity index (χ0n) is 16.5. The Kier molecular flexibility index (Phi) is 6.61. The molecular formula is C22H26O5. The highest BCUT2D eigenvalue weighted by Gasteiger charge is 2.14. The highest BCUT2D eigenvalue weighted by Crippen LogP contribution is 2.28. The van der Waals surface area contributed by atoms with Crippen LogP contribution in [0.5, 0.6) is 11.5 Å². The lowest BCUT2D eigenvalue weighted by atomic mass is 9.87. The quantitative estimate of drug-likeness (QED) is 0.537. The third-order valence-electron chi connectivity index (χ3n) is 4.14. The van der Waals surface area contributed by atoms with E-state index in [4.69, 9.17) is 14.2 Å². The van der Waals surface area contributed by atoms with Gasteiger partial charge in [-0.15, -0.1) is 0 Å². The van der Waals surface area contributed by atoms with Gasteiger partial charge in [0.15, 0.2) is 23.9 Å². The first-order valence-corrected chi connectivity index (χ1v) is 8.77. The van der Waals surface area contributed by atoms with Gasteiger partial charge in [0.1, 0.15) is 6.61 Å². The molecule has 0 N–H and O–H groups in total. The Morgan fingerprint density at radius 2 is 1.63 bits per heavy atom. The highest BCUT2D eigenvalue weighted by atomic mass is 16.6. The number of ketones is 1. The van der Waals surface area contributed by atoms with Crippen molar-refractivity contribution < 1.29 is 23.8 Å². The van der Waals surface area contributed by atoms with Crippen LogP contribution in [0.15, 0.2) is 42.5 Å². The number of rotatable bonds is 7. The molecule has 0 saturated heterocycles. The molecule has 0 amide bonds. The number of methoxy groups -OCH3 is 1. The van der Waals surface area contributed by atoms with Gasteiger partial charge in [-0.3, -0.25) is 4.79 Å². The Labute approximate surface area is 160 Å². The predicted octanol–water partition coefficient (Wildman–Crippen LogP) is 4.32. The molecule has 0 heterocycles. The lowest BCUT2D eigenvalue weighted by Gasteiger charge is -2.19. The first-order valence-electron chi connectivity index (χ1n) is 8.77. The van der Waals surface area contributed by atoms with Gasteiger partial charge in [0, 0.05) is 5.56 Å². The third-order valence-corrected chi connectivity index (χ3v) is 4.14. The Morgan fingerprint density at radius 1 is 0.963 bits per heavy atom. The molecular weight excluding hydrogens is 344 g/mol. The Balaban J connectivity index is 1.88. The standard InChI is InChI=1S/C22H26O5/c1-15(23)17-8-11-19(20(12-17)25-5)26-14-21(24)27-13-16-6-9-18(10-7-16)22(2,3)4/h6-12H,13-14H2,1-5H3. The van der Waals surface area contributed by atoms with E-state index in [0.29, 0.717) is 17.1 Å². The first-order chi connectivity index (χ1) is 12.7. The van der Waals surface area contributed by atoms with Crippen molar-refractivity contribution in [3.63, 3.8) is 0 Å². The average molecular weight is 370 g/mol. The number of Topliss-reactive ketones (excluding diaryl/α,β-unsaturated/α-hetero) is 1. The topological polar surface area (TPSA) is 61.8 Å². The van der Waals surface area contributed by atoms with Gasteiger partial charge in [-0.25, -0.2) is 4.79 Å². The molecule has 0 aliphatic rings. The van der Waals surface area contributed by atoms with Crippen molar-refractivity contribution in [1.82, 2.24) is 0 Å². The smallest absolute Gasteiger partial charge is 0.344 e. The van der Waals surface area contributed by atoms with Crippen molar-refractivity contribution in [2.75, 3.05) is 13.7 Å². The van der Waals surface area contributed by atoms with Gasteiger partial charge in [0.2, 0.25) is 0 Å². The van der Waals surface area contributed by atoms with E-state index in [2.05, 4.69) is 20.8 Å². The van der Waals surface area contributed by atoms with E-state index >= 15 is 0 Å². The monoisotopic (exact) mass is 370 g/mol. The normalized spacial score (nSPS) is 11.0. The van der Waals surface area contributed by atoms with Crippen LogP contribution in [0.4, 0.5) is 0 Å². The van der Waals surface area contributed by atoms with Crippen molar-refractivity contribution in [1.29, 1.82) is 0 Å². The minimum Gasteiger partial charge on any atom is -0.493 e. The summed E-state index contributed by atoms with van der Waals surface area (Å²) in [7, 11) is 1.48. The van der Waals surface area contributed by atoms with Gasteiger partial charge in [-0.1, -0.05) is 45.0 Å². The number of hydrogen-bond donors (Lipinski definition) is 0. The molecule has 5 heteroatoms. The molecule has 2 aromatic carbocycles. The molecule has 2 rings (SSSR count). The van der Waals surface area contributed by atoms with Crippen LogP contribution in [0.3, 0.4) is 0 Å². The zero-order chi connectivity index (χ0) is 20.0. The zero-order valence-corrected chi connectivity index (χ0v) is 16.5. The van der Waals surface area contributed by atoms with Crippen LogP contribution in [0.2, 0.25) is 0 Å². The Hall–Kier alpha value is -2.82. The number of ether oxygens (including phenoxy) is 3. The van der Waals surface area contributed by atoms with Crippen LogP contribution in [-0.4, -0.2) is 25.5 Å². The summed E-state index contributed by atoms with van der Waals surface area (Å²) in [5, 5.41) is 0. The molecule has 5 nitrogen and oxygen atoms in total. The minimum atomic E-state index is -0.479. The maximum absolute atomic E-state index is 11.9. The number of hydrogen-bond acceptors (Lipinski definition) is 5. The summed E-state index contributed by atoms with van der Waals surface area (Å²) < 4.78 is 15.9. The predicted molar refractivity (Wildman–Crippen MR) is 103 cm³/mol. The summed E-state index contributed by atoms with van der Waals surface area (Å²) in [5.74, 6) is 0.228. The van der Waals surface area contributed by atoms with Crippen molar-refractivity contribution >= 4 is 11.8 Å². The molecule has 0 aromatic heterocycles. The fraction of sp³-hybridized carbons (Fsp3) is 0.364. The molecule has 0 aliphatic carbocycles. The fourth-order valence-corrected chi connectivity index (χ4v) is 2.45. The fourth-order valence-electron chi connectivity index (χ4n) is 2.45. The first kappa shape index (κ1) is 20.5. The Morgan fingerprint density at radius 3 is 2.19 bits per heavy atom. The second-order valence-electron chi connectivity index (χ2n) is 7.32. The molecule has 0 fully saturated rings. The lowest BCUT2D eigenvalue weighted by molar-refractivity contribution is -0.147. The van der Waals surface area contributed by atoms with Crippen LogP contribution in [-0.2, 0) is 21.6 Å². The van der Waals surface area contributed by atoms with Crippen LogP contribution >= 0.6 is 0 Å². The molecule has 2 aromatic rings. The van der Waals surface area contributed by atoms with E-state index in [9.17, 15) is 9.59 Å². The summed E-state index contributed by atoms with van der Waals surface area (Å²) >= 11 is 0. The van der Waals surface area contributed by atoms with Crippen LogP contribution in [0.1, 0.15) is 49.2 Å². The SMILES string of the molecule is COc1cc(C(C)=O)ccc1OCC(=O)OCc1ccc(C(C)(C)C)cc1. The van der Waals surface area contributed by atoms with Gasteiger partial charge in [-0.2, -0.15) is 0 Å². The van der Waals surface area contributed by atoms with Gasteiger partial charge < -0.3 is 14.2 Å². The molecule has 0 saturated carbocycles. The average Bonchev–Trinajstić information content (AvgIpc) is 2.64. The van der Waals surface area contributed by atoms with Crippen molar-refractivity contribution in [3.8, 4) is 11.5 Å². The molecule has 144 valence electrons. The summed E-state index contributed by atoms with van der Waals surface area (Å²) in [4.78, 5) is 23.4. The van der Waals surface area contributed by atoms with Crippen LogP contribution in [0.25, 0.3) is 0 Å². The maximum Gasteiger partial charge on any atom is 0.344 e. The Bertz CT molecular complexity index is 800. The number of carbonyl (C=O) groups is 2. The van der Waals surface area contributed by atoms with Crippen molar-refractivity contribution in [3.05, 3.63) is 59.2 Å². The van der Waals surface area contributed by atoms with Gasteiger partial charge in [-0.05, 0) is 41.7 Å². The van der Waals surface area contributed by atoms with E-state index in [-0.39, 0.29) is 24.4 Å². The minimum absolute atomic E-state index is 0.0725. The van der Waals surface area contributed by atoms with Crippen LogP contribution < -0.4 is 9.47 Å². The van der Waals surface area contributed by atoms with Gasteiger partial charge in [0.25, 0.3) is 0 Å². The largest absolute Gasteiger partial charge is 0.493 e. The van der Waals surface area contributed by atoms with E-state index in [1.165, 1.54) is 19.6 Å². The third kappa shape index (κ3) is 5.84. The van der Waals surface area contributed by atoms with Gasteiger partial charge in [0.05, 0.1) is 7.11 Å². The maximum atomic E-state index is 11.9. The number of carbonyl (C=O) groups excluding carboxylic acids is 2. The molecule has 27 heavy (non-hydrogen) atoms. The van der Waals surface area contributed by atoms with Crippen molar-refractivity contribution in [2.45, 2.75) is 39.7 Å². The highest BCUT2D eigenvalue weighted by molar-refractivity contribution is 5.94. The number of esters is 1. The molecule has 0 unspecified atom stereocenters. The van der Waals surface area contributed by atoms with E-state index in [1.54, 1.807) is 18.2 Å². The molecule has 0 spiro atoms. The second-order valence-corrected chi connectivity index (χ2v) is 7.32. The molecule has 0 radical (unpaired) electrons.